The van der Waals surface area contributed by atoms with E-state index in [4.69, 9.17) is 0 Å². The molecule has 3 unspecified atom stereocenters. The van der Waals surface area contributed by atoms with Gasteiger partial charge in [0, 0.05) is 31.2 Å². The normalized spacial score (nSPS) is 38.7. The first-order chi connectivity index (χ1) is 9.80. The van der Waals surface area contributed by atoms with Crippen molar-refractivity contribution >= 4 is 0 Å². The van der Waals surface area contributed by atoms with E-state index in [2.05, 4.69) is 29.0 Å². The highest BCUT2D eigenvalue weighted by Crippen LogP contribution is 2.37. The van der Waals surface area contributed by atoms with Crippen LogP contribution in [-0.2, 0) is 0 Å². The zero-order valence-corrected chi connectivity index (χ0v) is 13.5. The van der Waals surface area contributed by atoms with Gasteiger partial charge in [-0.2, -0.15) is 0 Å². The number of hydrogen-bond acceptors (Lipinski definition) is 3. The zero-order chi connectivity index (χ0) is 13.9. The van der Waals surface area contributed by atoms with Crippen molar-refractivity contribution in [2.24, 2.45) is 5.92 Å². The van der Waals surface area contributed by atoms with Gasteiger partial charge >= 0.3 is 0 Å². The Kier molecular flexibility index (Phi) is 5.00. The van der Waals surface area contributed by atoms with Gasteiger partial charge in [0.05, 0.1) is 0 Å². The first-order valence-electron chi connectivity index (χ1n) is 9.01. The molecule has 20 heavy (non-hydrogen) atoms. The van der Waals surface area contributed by atoms with Gasteiger partial charge in [0.25, 0.3) is 0 Å². The fraction of sp³-hybridized carbons (Fsp3) is 1.00. The molecule has 3 heterocycles. The lowest BCUT2D eigenvalue weighted by atomic mass is 9.95. The van der Waals surface area contributed by atoms with Crippen LogP contribution >= 0.6 is 0 Å². The summed E-state index contributed by atoms with van der Waals surface area (Å²) in [5.41, 5.74) is 0. The summed E-state index contributed by atoms with van der Waals surface area (Å²) < 4.78 is 0. The zero-order valence-electron chi connectivity index (χ0n) is 13.5. The van der Waals surface area contributed by atoms with Crippen LogP contribution in [0.1, 0.15) is 52.4 Å². The van der Waals surface area contributed by atoms with E-state index in [1.807, 2.05) is 0 Å². The van der Waals surface area contributed by atoms with Crippen molar-refractivity contribution in [1.29, 1.82) is 0 Å². The van der Waals surface area contributed by atoms with E-state index >= 15 is 0 Å². The van der Waals surface area contributed by atoms with E-state index in [1.165, 1.54) is 71.2 Å². The van der Waals surface area contributed by atoms with Crippen LogP contribution < -0.4 is 5.32 Å². The van der Waals surface area contributed by atoms with Crippen molar-refractivity contribution in [2.75, 3.05) is 32.7 Å². The summed E-state index contributed by atoms with van der Waals surface area (Å²) >= 11 is 0. The number of nitrogens with one attached hydrogen (secondary N) is 1. The third kappa shape index (κ3) is 3.20. The smallest absolute Gasteiger partial charge is 0.0114 e. The maximum Gasteiger partial charge on any atom is 0.0114 e. The molecular formula is C17H33N3. The highest BCUT2D eigenvalue weighted by Gasteiger charge is 2.41. The van der Waals surface area contributed by atoms with Gasteiger partial charge in [-0.1, -0.05) is 13.8 Å². The van der Waals surface area contributed by atoms with E-state index in [-0.39, 0.29) is 0 Å². The molecule has 3 heteroatoms. The summed E-state index contributed by atoms with van der Waals surface area (Å²) in [7, 11) is 0. The van der Waals surface area contributed by atoms with Crippen molar-refractivity contribution < 1.29 is 0 Å². The lowest BCUT2D eigenvalue weighted by molar-refractivity contribution is 0.0985. The van der Waals surface area contributed by atoms with Crippen LogP contribution in [0.15, 0.2) is 0 Å². The molecular weight excluding hydrogens is 246 g/mol. The fourth-order valence-corrected chi connectivity index (χ4v) is 4.73. The molecule has 116 valence electrons. The third-order valence-electron chi connectivity index (χ3n) is 5.85. The SMILES string of the molecule is CCCNC1CC2CCC(C1)N2CC1CCN(CC)C1. The maximum atomic E-state index is 3.77. The van der Waals surface area contributed by atoms with E-state index in [0.717, 1.165) is 24.0 Å². The summed E-state index contributed by atoms with van der Waals surface area (Å²) in [6.07, 6.45) is 8.42. The van der Waals surface area contributed by atoms with Gasteiger partial charge in [-0.3, -0.25) is 4.90 Å². The van der Waals surface area contributed by atoms with Gasteiger partial charge < -0.3 is 10.2 Å². The quantitative estimate of drug-likeness (QED) is 0.805. The molecule has 3 rings (SSSR count). The second-order valence-electron chi connectivity index (χ2n) is 7.25. The second-order valence-corrected chi connectivity index (χ2v) is 7.25. The minimum absolute atomic E-state index is 0.805. The summed E-state index contributed by atoms with van der Waals surface area (Å²) in [6, 6.07) is 2.58. The fourth-order valence-electron chi connectivity index (χ4n) is 4.73. The Morgan fingerprint density at radius 1 is 1.05 bits per heavy atom. The highest BCUT2D eigenvalue weighted by atomic mass is 15.2. The number of piperidine rings is 1. The second kappa shape index (κ2) is 6.76. The number of likely N-dealkylation sites (tertiary alicyclic amines) is 1. The Bertz CT molecular complexity index is 293. The van der Waals surface area contributed by atoms with Gasteiger partial charge in [0.1, 0.15) is 0 Å². The molecule has 2 bridgehead atoms. The predicted molar refractivity (Wildman–Crippen MR) is 85.1 cm³/mol. The van der Waals surface area contributed by atoms with Crippen molar-refractivity contribution in [3.8, 4) is 0 Å². The molecule has 3 saturated heterocycles. The highest BCUT2D eigenvalue weighted by molar-refractivity contribution is 4.98. The summed E-state index contributed by atoms with van der Waals surface area (Å²) in [5.74, 6) is 0.943. The van der Waals surface area contributed by atoms with Crippen molar-refractivity contribution in [2.45, 2.75) is 70.5 Å². The van der Waals surface area contributed by atoms with E-state index in [1.54, 1.807) is 0 Å². The molecule has 3 aliphatic rings. The molecule has 3 fully saturated rings. The monoisotopic (exact) mass is 279 g/mol. The largest absolute Gasteiger partial charge is 0.314 e. The van der Waals surface area contributed by atoms with Crippen LogP contribution in [0.4, 0.5) is 0 Å². The summed E-state index contributed by atoms with van der Waals surface area (Å²) in [4.78, 5) is 5.52. The molecule has 0 aliphatic carbocycles. The van der Waals surface area contributed by atoms with Gasteiger partial charge in [-0.25, -0.2) is 0 Å². The molecule has 3 atom stereocenters. The van der Waals surface area contributed by atoms with E-state index in [9.17, 15) is 0 Å². The van der Waals surface area contributed by atoms with Gasteiger partial charge in [-0.05, 0) is 64.1 Å². The Balaban J connectivity index is 1.50. The van der Waals surface area contributed by atoms with Crippen LogP contribution in [0.3, 0.4) is 0 Å². The number of fused-ring (bicyclic) bond motifs is 2. The molecule has 3 nitrogen and oxygen atoms in total. The summed E-state index contributed by atoms with van der Waals surface area (Å²) in [6.45, 7) is 11.1. The number of nitrogens with zero attached hydrogens (tertiary/aromatic N) is 2. The Hall–Kier alpha value is -0.120. The van der Waals surface area contributed by atoms with Crippen LogP contribution in [0.2, 0.25) is 0 Å². The molecule has 0 spiro atoms. The topological polar surface area (TPSA) is 18.5 Å². The van der Waals surface area contributed by atoms with Gasteiger partial charge in [-0.15, -0.1) is 0 Å². The van der Waals surface area contributed by atoms with E-state index < -0.39 is 0 Å². The predicted octanol–water partition coefficient (Wildman–Crippen LogP) is 2.32. The molecule has 3 aliphatic heterocycles. The Morgan fingerprint density at radius 2 is 1.80 bits per heavy atom. The molecule has 0 aromatic carbocycles. The minimum atomic E-state index is 0.805. The Morgan fingerprint density at radius 3 is 2.40 bits per heavy atom. The lowest BCUT2D eigenvalue weighted by Crippen LogP contribution is -2.50. The number of rotatable bonds is 6. The molecule has 0 amide bonds. The van der Waals surface area contributed by atoms with Crippen molar-refractivity contribution in [3.05, 3.63) is 0 Å². The first kappa shape index (κ1) is 14.8. The number of hydrogen-bond donors (Lipinski definition) is 1. The third-order valence-corrected chi connectivity index (χ3v) is 5.85. The summed E-state index contributed by atoms with van der Waals surface area (Å²) in [5, 5.41) is 3.77. The van der Waals surface area contributed by atoms with Crippen LogP contribution in [0, 0.1) is 5.92 Å². The van der Waals surface area contributed by atoms with Crippen LogP contribution in [-0.4, -0.2) is 60.6 Å². The van der Waals surface area contributed by atoms with Crippen LogP contribution in [0.25, 0.3) is 0 Å². The van der Waals surface area contributed by atoms with Crippen molar-refractivity contribution in [1.82, 2.24) is 15.1 Å². The van der Waals surface area contributed by atoms with Gasteiger partial charge in [0.2, 0.25) is 0 Å². The molecule has 0 radical (unpaired) electrons. The first-order valence-corrected chi connectivity index (χ1v) is 9.01. The average molecular weight is 279 g/mol. The lowest BCUT2D eigenvalue weighted by Gasteiger charge is -2.40. The standard InChI is InChI=1S/C17H33N3/c1-3-8-18-15-10-16-5-6-17(11-15)20(16)13-14-7-9-19(4-2)12-14/h14-18H,3-13H2,1-2H3. The van der Waals surface area contributed by atoms with Crippen LogP contribution in [0.5, 0.6) is 0 Å². The molecule has 1 N–H and O–H groups in total. The Labute approximate surface area is 125 Å². The molecule has 0 aromatic rings. The van der Waals surface area contributed by atoms with Crippen molar-refractivity contribution in [3.63, 3.8) is 0 Å². The molecule has 0 saturated carbocycles. The minimum Gasteiger partial charge on any atom is -0.314 e. The molecule has 0 aromatic heterocycles. The average Bonchev–Trinajstić information content (AvgIpc) is 3.00. The van der Waals surface area contributed by atoms with E-state index in [0.29, 0.717) is 0 Å². The maximum absolute atomic E-state index is 3.77. The van der Waals surface area contributed by atoms with Gasteiger partial charge in [0.15, 0.2) is 0 Å².